The summed E-state index contributed by atoms with van der Waals surface area (Å²) in [5, 5.41) is 0. The van der Waals surface area contributed by atoms with E-state index in [-0.39, 0.29) is 11.9 Å². The van der Waals surface area contributed by atoms with Crippen molar-refractivity contribution >= 4 is 39.6 Å². The number of nitrogens with zero attached hydrogens (tertiary/aromatic N) is 1. The zero-order chi connectivity index (χ0) is 14.5. The number of ether oxygens (including phenoxy) is 1. The lowest BCUT2D eigenvalue weighted by Gasteiger charge is -2.33. The van der Waals surface area contributed by atoms with Gasteiger partial charge in [-0.25, -0.2) is 4.79 Å². The third kappa shape index (κ3) is 3.35. The number of hydrogen-bond donors (Lipinski definition) is 0. The van der Waals surface area contributed by atoms with Gasteiger partial charge in [-0.3, -0.25) is 4.79 Å². The summed E-state index contributed by atoms with van der Waals surface area (Å²) in [5.41, 5.74) is 0.577. The van der Waals surface area contributed by atoms with E-state index in [4.69, 9.17) is 4.74 Å². The van der Waals surface area contributed by atoms with E-state index in [1.54, 1.807) is 29.7 Å². The predicted molar refractivity (Wildman–Crippen MR) is 82.9 cm³/mol. The van der Waals surface area contributed by atoms with E-state index >= 15 is 0 Å². The molecule has 0 saturated carbocycles. The molecule has 1 saturated heterocycles. The smallest absolute Gasteiger partial charge is 0.329 e. The first-order valence-electron chi connectivity index (χ1n) is 6.45. The van der Waals surface area contributed by atoms with Gasteiger partial charge in [0.2, 0.25) is 0 Å². The summed E-state index contributed by atoms with van der Waals surface area (Å²) in [5.74, 6) is 0.983. The molecule has 20 heavy (non-hydrogen) atoms. The Morgan fingerprint density at radius 2 is 2.20 bits per heavy atom. The molecule has 0 aliphatic carbocycles. The molecule has 1 aliphatic rings. The van der Waals surface area contributed by atoms with Crippen LogP contribution in [0.1, 0.15) is 17.3 Å². The average molecular weight is 358 g/mol. The van der Waals surface area contributed by atoms with Crippen molar-refractivity contribution in [1.29, 1.82) is 0 Å². The fraction of sp³-hybridized carbons (Fsp3) is 0.429. The number of halogens is 1. The summed E-state index contributed by atoms with van der Waals surface area (Å²) in [4.78, 5) is 26.2. The van der Waals surface area contributed by atoms with Gasteiger partial charge in [0.05, 0.1) is 12.2 Å². The van der Waals surface area contributed by atoms with E-state index in [1.807, 2.05) is 18.2 Å². The molecule has 4 nitrogen and oxygen atoms in total. The van der Waals surface area contributed by atoms with Crippen molar-refractivity contribution in [2.24, 2.45) is 0 Å². The summed E-state index contributed by atoms with van der Waals surface area (Å²) in [6.45, 7) is 2.67. The summed E-state index contributed by atoms with van der Waals surface area (Å²) in [6.07, 6.45) is 0. The highest BCUT2D eigenvalue weighted by atomic mass is 79.9. The topological polar surface area (TPSA) is 46.6 Å². The number of carbonyl (C=O) groups is 2. The van der Waals surface area contributed by atoms with Gasteiger partial charge in [-0.2, -0.15) is 11.8 Å². The Morgan fingerprint density at radius 3 is 2.90 bits per heavy atom. The van der Waals surface area contributed by atoms with Crippen LogP contribution in [0.4, 0.5) is 0 Å². The molecule has 1 heterocycles. The number of benzene rings is 1. The van der Waals surface area contributed by atoms with Crippen LogP contribution < -0.4 is 0 Å². The zero-order valence-electron chi connectivity index (χ0n) is 11.2. The molecule has 1 unspecified atom stereocenters. The van der Waals surface area contributed by atoms with E-state index in [2.05, 4.69) is 15.9 Å². The summed E-state index contributed by atoms with van der Waals surface area (Å²) >= 11 is 5.05. The van der Waals surface area contributed by atoms with Crippen LogP contribution in [-0.4, -0.2) is 47.5 Å². The normalized spacial score (nSPS) is 18.7. The third-order valence-electron chi connectivity index (χ3n) is 3.05. The molecular weight excluding hydrogens is 342 g/mol. The molecule has 0 spiro atoms. The van der Waals surface area contributed by atoms with Gasteiger partial charge in [-0.1, -0.05) is 12.1 Å². The maximum absolute atomic E-state index is 12.6. The first-order chi connectivity index (χ1) is 9.65. The van der Waals surface area contributed by atoms with Crippen LogP contribution in [-0.2, 0) is 9.53 Å². The lowest BCUT2D eigenvalue weighted by molar-refractivity contribution is -0.147. The van der Waals surface area contributed by atoms with Crippen LogP contribution >= 0.6 is 27.7 Å². The Labute approximate surface area is 131 Å². The van der Waals surface area contributed by atoms with Gasteiger partial charge in [0.15, 0.2) is 0 Å². The van der Waals surface area contributed by atoms with Gasteiger partial charge in [0.25, 0.3) is 5.91 Å². The molecule has 0 aromatic heterocycles. The number of esters is 1. The van der Waals surface area contributed by atoms with Crippen LogP contribution in [0.3, 0.4) is 0 Å². The van der Waals surface area contributed by atoms with Crippen molar-refractivity contribution in [3.8, 4) is 0 Å². The molecule has 0 radical (unpaired) electrons. The van der Waals surface area contributed by atoms with Crippen LogP contribution in [0.25, 0.3) is 0 Å². The van der Waals surface area contributed by atoms with Crippen LogP contribution in [0.5, 0.6) is 0 Å². The Balaban J connectivity index is 2.22. The fourth-order valence-electron chi connectivity index (χ4n) is 2.07. The van der Waals surface area contributed by atoms with Gasteiger partial charge in [-0.05, 0) is 35.0 Å². The second-order valence-electron chi connectivity index (χ2n) is 4.32. The Morgan fingerprint density at radius 1 is 1.45 bits per heavy atom. The summed E-state index contributed by atoms with van der Waals surface area (Å²) in [6, 6.07) is 6.77. The molecule has 2 rings (SSSR count). The number of amides is 1. The van der Waals surface area contributed by atoms with Crippen LogP contribution in [0.2, 0.25) is 0 Å². The molecule has 0 bridgehead atoms. The Hall–Kier alpha value is -1.01. The molecule has 1 fully saturated rings. The van der Waals surface area contributed by atoms with Crippen molar-refractivity contribution in [3.05, 3.63) is 34.3 Å². The quantitative estimate of drug-likeness (QED) is 0.780. The van der Waals surface area contributed by atoms with Gasteiger partial charge >= 0.3 is 5.97 Å². The largest absolute Gasteiger partial charge is 0.464 e. The monoisotopic (exact) mass is 357 g/mol. The number of rotatable bonds is 3. The highest BCUT2D eigenvalue weighted by Gasteiger charge is 2.34. The minimum absolute atomic E-state index is 0.129. The summed E-state index contributed by atoms with van der Waals surface area (Å²) in [7, 11) is 0. The lowest BCUT2D eigenvalue weighted by atomic mass is 10.1. The highest BCUT2D eigenvalue weighted by Crippen LogP contribution is 2.23. The van der Waals surface area contributed by atoms with Crippen molar-refractivity contribution in [2.75, 3.05) is 24.7 Å². The van der Waals surface area contributed by atoms with Crippen LogP contribution in [0.15, 0.2) is 28.7 Å². The maximum atomic E-state index is 12.6. The Kier molecular flexibility index (Phi) is 5.48. The minimum atomic E-state index is -0.492. The van der Waals surface area contributed by atoms with E-state index in [1.165, 1.54) is 0 Å². The van der Waals surface area contributed by atoms with Gasteiger partial charge < -0.3 is 9.64 Å². The van der Waals surface area contributed by atoms with Crippen molar-refractivity contribution < 1.29 is 14.3 Å². The molecule has 1 aliphatic heterocycles. The minimum Gasteiger partial charge on any atom is -0.464 e. The summed E-state index contributed by atoms with van der Waals surface area (Å²) < 4.78 is 5.81. The first-order valence-corrected chi connectivity index (χ1v) is 8.39. The molecule has 1 aromatic carbocycles. The molecule has 108 valence electrons. The molecule has 1 aromatic rings. The van der Waals surface area contributed by atoms with Crippen molar-refractivity contribution in [3.63, 3.8) is 0 Å². The van der Waals surface area contributed by atoms with E-state index in [9.17, 15) is 9.59 Å². The molecule has 6 heteroatoms. The van der Waals surface area contributed by atoms with Gasteiger partial charge in [-0.15, -0.1) is 0 Å². The van der Waals surface area contributed by atoms with E-state index < -0.39 is 6.04 Å². The standard InChI is InChI=1S/C14H16BrNO3S/c1-2-19-14(18)12-9-20-8-7-16(12)13(17)10-5-3-4-6-11(10)15/h3-6,12H,2,7-9H2,1H3. The zero-order valence-corrected chi connectivity index (χ0v) is 13.6. The SMILES string of the molecule is CCOC(=O)C1CSCCN1C(=O)c1ccccc1Br. The average Bonchev–Trinajstić information content (AvgIpc) is 2.47. The van der Waals surface area contributed by atoms with Gasteiger partial charge in [0.1, 0.15) is 6.04 Å². The van der Waals surface area contributed by atoms with Crippen molar-refractivity contribution in [2.45, 2.75) is 13.0 Å². The molecule has 0 N–H and O–H groups in total. The molecule has 1 atom stereocenters. The molecule has 1 amide bonds. The van der Waals surface area contributed by atoms with E-state index in [0.717, 1.165) is 10.2 Å². The fourth-order valence-corrected chi connectivity index (χ4v) is 3.56. The van der Waals surface area contributed by atoms with Crippen molar-refractivity contribution in [1.82, 2.24) is 4.90 Å². The second-order valence-corrected chi connectivity index (χ2v) is 6.33. The highest BCUT2D eigenvalue weighted by molar-refractivity contribution is 9.10. The predicted octanol–water partition coefficient (Wildman–Crippen LogP) is 2.57. The number of thioether (sulfide) groups is 1. The number of carbonyl (C=O) groups excluding carboxylic acids is 2. The third-order valence-corrected chi connectivity index (χ3v) is 4.77. The number of hydrogen-bond acceptors (Lipinski definition) is 4. The van der Waals surface area contributed by atoms with Gasteiger partial charge in [0, 0.05) is 22.5 Å². The Bertz CT molecular complexity index is 509. The first kappa shape index (κ1) is 15.4. The maximum Gasteiger partial charge on any atom is 0.329 e. The second kappa shape index (κ2) is 7.13. The molecular formula is C14H16BrNO3S. The van der Waals surface area contributed by atoms with Crippen LogP contribution in [0, 0.1) is 0 Å². The lowest BCUT2D eigenvalue weighted by Crippen LogP contribution is -2.51. The van der Waals surface area contributed by atoms with E-state index in [0.29, 0.717) is 24.5 Å².